The van der Waals surface area contributed by atoms with Crippen LogP contribution in [0.25, 0.3) is 0 Å². The quantitative estimate of drug-likeness (QED) is 0.483. The van der Waals surface area contributed by atoms with Crippen molar-refractivity contribution in [1.29, 1.82) is 5.26 Å². The third-order valence-electron chi connectivity index (χ3n) is 2.16. The van der Waals surface area contributed by atoms with Gasteiger partial charge in [-0.25, -0.2) is 0 Å². The Labute approximate surface area is 101 Å². The fourth-order valence-electron chi connectivity index (χ4n) is 1.30. The fourth-order valence-corrected chi connectivity index (χ4v) is 1.30. The third kappa shape index (κ3) is 4.51. The molecule has 3 nitrogen and oxygen atoms in total. The van der Waals surface area contributed by atoms with Gasteiger partial charge in [-0.2, -0.15) is 5.26 Å². The number of nitriles is 1. The Morgan fingerprint density at radius 3 is 3.00 bits per heavy atom. The van der Waals surface area contributed by atoms with Gasteiger partial charge in [0.15, 0.2) is 5.78 Å². The van der Waals surface area contributed by atoms with Crippen LogP contribution >= 0.6 is 0 Å². The number of nitrogens with one attached hydrogen (secondary N) is 1. The molecule has 0 saturated heterocycles. The van der Waals surface area contributed by atoms with Crippen molar-refractivity contribution in [3.8, 4) is 17.9 Å². The van der Waals surface area contributed by atoms with Crippen molar-refractivity contribution in [2.45, 2.75) is 12.8 Å². The Morgan fingerprint density at radius 1 is 1.47 bits per heavy atom. The topological polar surface area (TPSA) is 52.9 Å². The van der Waals surface area contributed by atoms with Gasteiger partial charge < -0.3 is 5.32 Å². The first-order valence-electron chi connectivity index (χ1n) is 5.41. The lowest BCUT2D eigenvalue weighted by atomic mass is 10.1. The molecule has 0 heterocycles. The number of ketones is 1. The molecule has 0 aliphatic rings. The van der Waals surface area contributed by atoms with E-state index in [1.54, 1.807) is 18.2 Å². The van der Waals surface area contributed by atoms with E-state index in [-0.39, 0.29) is 12.2 Å². The number of benzene rings is 1. The highest BCUT2D eigenvalue weighted by molar-refractivity contribution is 5.97. The van der Waals surface area contributed by atoms with E-state index < -0.39 is 0 Å². The SMILES string of the molecule is CNCCC#Cc1cccc(C(=O)CC#N)c1. The Morgan fingerprint density at radius 2 is 2.29 bits per heavy atom. The molecule has 1 aromatic carbocycles. The van der Waals surface area contributed by atoms with Crippen LogP contribution in [0.3, 0.4) is 0 Å². The van der Waals surface area contributed by atoms with E-state index >= 15 is 0 Å². The predicted molar refractivity (Wildman–Crippen MR) is 66.4 cm³/mol. The van der Waals surface area contributed by atoms with E-state index in [4.69, 9.17) is 5.26 Å². The third-order valence-corrected chi connectivity index (χ3v) is 2.16. The summed E-state index contributed by atoms with van der Waals surface area (Å²) in [7, 11) is 1.88. The van der Waals surface area contributed by atoms with Crippen molar-refractivity contribution in [2.75, 3.05) is 13.6 Å². The maximum Gasteiger partial charge on any atom is 0.176 e. The normalized spacial score (nSPS) is 8.94. The summed E-state index contributed by atoms with van der Waals surface area (Å²) in [6.07, 6.45) is 0.684. The molecular weight excluding hydrogens is 212 g/mol. The summed E-state index contributed by atoms with van der Waals surface area (Å²) in [5.41, 5.74) is 1.36. The van der Waals surface area contributed by atoms with Gasteiger partial charge in [-0.3, -0.25) is 4.79 Å². The largest absolute Gasteiger partial charge is 0.319 e. The lowest BCUT2D eigenvalue weighted by molar-refractivity contribution is 0.0997. The van der Waals surface area contributed by atoms with Gasteiger partial charge in [-0.05, 0) is 19.2 Å². The number of hydrogen-bond donors (Lipinski definition) is 1. The number of hydrogen-bond acceptors (Lipinski definition) is 3. The number of Topliss-reactive ketones (excluding diaryl/α,β-unsaturated/α-hetero) is 1. The zero-order valence-corrected chi connectivity index (χ0v) is 9.79. The van der Waals surface area contributed by atoms with E-state index in [1.807, 2.05) is 19.2 Å². The van der Waals surface area contributed by atoms with Crippen molar-refractivity contribution in [3.63, 3.8) is 0 Å². The molecule has 0 bridgehead atoms. The predicted octanol–water partition coefficient (Wildman–Crippen LogP) is 1.74. The molecule has 1 rings (SSSR count). The van der Waals surface area contributed by atoms with E-state index in [9.17, 15) is 4.79 Å². The van der Waals surface area contributed by atoms with Crippen LogP contribution in [0, 0.1) is 23.2 Å². The highest BCUT2D eigenvalue weighted by atomic mass is 16.1. The van der Waals surface area contributed by atoms with Crippen molar-refractivity contribution < 1.29 is 4.79 Å². The van der Waals surface area contributed by atoms with Crippen molar-refractivity contribution in [3.05, 3.63) is 35.4 Å². The molecule has 86 valence electrons. The lowest BCUT2D eigenvalue weighted by Gasteiger charge is -1.97. The molecular formula is C14H14N2O. The van der Waals surface area contributed by atoms with E-state index in [0.717, 1.165) is 18.5 Å². The summed E-state index contributed by atoms with van der Waals surface area (Å²) in [5.74, 6) is 5.84. The van der Waals surface area contributed by atoms with Gasteiger partial charge in [-0.1, -0.05) is 24.0 Å². The number of carbonyl (C=O) groups excluding carboxylic acids is 1. The zero-order valence-electron chi connectivity index (χ0n) is 9.79. The van der Waals surface area contributed by atoms with Crippen LogP contribution in [0.15, 0.2) is 24.3 Å². The average Bonchev–Trinajstić information content (AvgIpc) is 2.35. The minimum Gasteiger partial charge on any atom is -0.319 e. The van der Waals surface area contributed by atoms with E-state index in [0.29, 0.717) is 5.56 Å². The molecule has 0 aliphatic carbocycles. The van der Waals surface area contributed by atoms with Crippen LogP contribution in [0.1, 0.15) is 28.8 Å². The van der Waals surface area contributed by atoms with E-state index in [1.165, 1.54) is 0 Å². The average molecular weight is 226 g/mol. The van der Waals surface area contributed by atoms with Gasteiger partial charge >= 0.3 is 0 Å². The zero-order chi connectivity index (χ0) is 12.5. The van der Waals surface area contributed by atoms with Gasteiger partial charge in [0.1, 0.15) is 0 Å². The molecule has 0 radical (unpaired) electrons. The smallest absolute Gasteiger partial charge is 0.176 e. The molecule has 0 amide bonds. The maximum atomic E-state index is 11.5. The minimum absolute atomic E-state index is 0.0867. The van der Waals surface area contributed by atoms with Gasteiger partial charge in [0.25, 0.3) is 0 Å². The second-order valence-electron chi connectivity index (χ2n) is 3.49. The highest BCUT2D eigenvalue weighted by Gasteiger charge is 2.04. The molecule has 0 aliphatic heterocycles. The summed E-state index contributed by atoms with van der Waals surface area (Å²) in [4.78, 5) is 11.5. The second kappa shape index (κ2) is 7.22. The number of carbonyl (C=O) groups is 1. The Kier molecular flexibility index (Phi) is 5.51. The summed E-state index contributed by atoms with van der Waals surface area (Å²) in [5, 5.41) is 11.5. The van der Waals surface area contributed by atoms with Gasteiger partial charge in [-0.15, -0.1) is 0 Å². The molecule has 0 atom stereocenters. The van der Waals surface area contributed by atoms with Crippen LogP contribution in [0.4, 0.5) is 0 Å². The first kappa shape index (κ1) is 13.0. The first-order valence-corrected chi connectivity index (χ1v) is 5.41. The summed E-state index contributed by atoms with van der Waals surface area (Å²) in [6.45, 7) is 0.847. The molecule has 17 heavy (non-hydrogen) atoms. The minimum atomic E-state index is -0.161. The Bertz CT molecular complexity index is 489. The van der Waals surface area contributed by atoms with E-state index in [2.05, 4.69) is 17.2 Å². The number of nitrogens with zero attached hydrogens (tertiary/aromatic N) is 1. The Hall–Kier alpha value is -2.10. The monoisotopic (exact) mass is 226 g/mol. The van der Waals surface area contributed by atoms with Crippen LogP contribution in [-0.4, -0.2) is 19.4 Å². The molecule has 0 fully saturated rings. The lowest BCUT2D eigenvalue weighted by Crippen LogP contribution is -2.05. The van der Waals surface area contributed by atoms with Crippen molar-refractivity contribution >= 4 is 5.78 Å². The summed E-state index contributed by atoms with van der Waals surface area (Å²) < 4.78 is 0. The number of rotatable bonds is 4. The molecule has 0 saturated carbocycles. The molecule has 0 unspecified atom stereocenters. The van der Waals surface area contributed by atoms with Crippen LogP contribution in [-0.2, 0) is 0 Å². The highest BCUT2D eigenvalue weighted by Crippen LogP contribution is 2.06. The maximum absolute atomic E-state index is 11.5. The molecule has 0 aromatic heterocycles. The summed E-state index contributed by atoms with van der Waals surface area (Å²) in [6, 6.07) is 8.93. The standard InChI is InChI=1S/C14H14N2O/c1-16-10-3-2-5-12-6-4-7-13(11-12)14(17)8-9-15/h4,6-7,11,16H,3,8,10H2,1H3. The summed E-state index contributed by atoms with van der Waals surface area (Å²) >= 11 is 0. The second-order valence-corrected chi connectivity index (χ2v) is 3.49. The molecule has 0 spiro atoms. The molecule has 1 N–H and O–H groups in total. The van der Waals surface area contributed by atoms with Crippen molar-refractivity contribution in [2.24, 2.45) is 0 Å². The first-order chi connectivity index (χ1) is 8.27. The van der Waals surface area contributed by atoms with Crippen molar-refractivity contribution in [1.82, 2.24) is 5.32 Å². The molecule has 3 heteroatoms. The Balaban J connectivity index is 2.75. The van der Waals surface area contributed by atoms with Crippen LogP contribution < -0.4 is 5.32 Å². The van der Waals surface area contributed by atoms with Crippen LogP contribution in [0.5, 0.6) is 0 Å². The van der Waals surface area contributed by atoms with Gasteiger partial charge in [0, 0.05) is 24.1 Å². The molecule has 1 aromatic rings. The van der Waals surface area contributed by atoms with Gasteiger partial charge in [0.2, 0.25) is 0 Å². The van der Waals surface area contributed by atoms with Gasteiger partial charge in [0.05, 0.1) is 12.5 Å². The van der Waals surface area contributed by atoms with Crippen LogP contribution in [0.2, 0.25) is 0 Å². The fraction of sp³-hybridized carbons (Fsp3) is 0.286.